The second kappa shape index (κ2) is 9.39. The smallest absolute Gasteiger partial charge is 0.257 e. The second-order valence-corrected chi connectivity index (χ2v) is 8.10. The molecule has 6 nitrogen and oxygen atoms in total. The maximum absolute atomic E-state index is 14.9. The molecule has 1 aliphatic heterocycles. The van der Waals surface area contributed by atoms with Crippen LogP contribution in [-0.2, 0) is 0 Å². The van der Waals surface area contributed by atoms with Crippen LogP contribution in [0.5, 0.6) is 0 Å². The van der Waals surface area contributed by atoms with E-state index in [0.717, 1.165) is 12.8 Å². The van der Waals surface area contributed by atoms with E-state index >= 15 is 0 Å². The normalized spacial score (nSPS) is 18.6. The Morgan fingerprint density at radius 2 is 2.00 bits per heavy atom. The molecule has 0 radical (unpaired) electrons. The topological polar surface area (TPSA) is 71.0 Å². The van der Waals surface area contributed by atoms with Gasteiger partial charge in [0.1, 0.15) is 11.6 Å². The number of piperidine rings is 1. The summed E-state index contributed by atoms with van der Waals surface area (Å²) in [5.41, 5.74) is 0.410. The first-order valence-electron chi connectivity index (χ1n) is 10.3. The Bertz CT molecular complexity index is 1050. The van der Waals surface area contributed by atoms with Crippen LogP contribution in [0.4, 0.5) is 10.2 Å². The highest BCUT2D eigenvalue weighted by Gasteiger charge is 2.34. The number of anilines is 1. The minimum Gasteiger partial charge on any atom is -0.368 e. The third-order valence-corrected chi connectivity index (χ3v) is 5.85. The van der Waals surface area contributed by atoms with Gasteiger partial charge in [0, 0.05) is 37.2 Å². The summed E-state index contributed by atoms with van der Waals surface area (Å²) in [5, 5.41) is 3.85. The highest BCUT2D eigenvalue weighted by Crippen LogP contribution is 2.29. The van der Waals surface area contributed by atoms with E-state index in [0.29, 0.717) is 35.3 Å². The molecule has 0 aliphatic carbocycles. The van der Waals surface area contributed by atoms with Crippen molar-refractivity contribution >= 4 is 23.3 Å². The number of pyridine rings is 1. The molecular formula is C23H23ClFN5O. The Morgan fingerprint density at radius 3 is 2.74 bits per heavy atom. The Kier molecular flexibility index (Phi) is 6.42. The fourth-order valence-electron chi connectivity index (χ4n) is 4.01. The van der Waals surface area contributed by atoms with Crippen LogP contribution in [0.15, 0.2) is 55.0 Å². The summed E-state index contributed by atoms with van der Waals surface area (Å²) < 4.78 is 14.9. The fraction of sp³-hybridized carbons (Fsp3) is 0.304. The van der Waals surface area contributed by atoms with Crippen LogP contribution in [0.3, 0.4) is 0 Å². The summed E-state index contributed by atoms with van der Waals surface area (Å²) in [7, 11) is 0. The Morgan fingerprint density at radius 1 is 1.19 bits per heavy atom. The van der Waals surface area contributed by atoms with Gasteiger partial charge in [0.05, 0.1) is 16.6 Å². The van der Waals surface area contributed by atoms with Crippen LogP contribution in [0.25, 0.3) is 11.4 Å². The molecule has 3 aromatic rings. The molecule has 2 atom stereocenters. The van der Waals surface area contributed by atoms with Crippen molar-refractivity contribution in [3.8, 4) is 11.4 Å². The van der Waals surface area contributed by atoms with Crippen molar-refractivity contribution in [3.05, 3.63) is 71.4 Å². The van der Waals surface area contributed by atoms with Crippen molar-refractivity contribution in [2.24, 2.45) is 5.92 Å². The van der Waals surface area contributed by atoms with E-state index in [2.05, 4.69) is 27.2 Å². The molecule has 1 aliphatic rings. The number of aromatic nitrogens is 3. The van der Waals surface area contributed by atoms with E-state index in [9.17, 15) is 9.18 Å². The van der Waals surface area contributed by atoms with Crippen LogP contribution in [0, 0.1) is 11.7 Å². The zero-order chi connectivity index (χ0) is 21.8. The van der Waals surface area contributed by atoms with E-state index in [4.69, 9.17) is 11.6 Å². The van der Waals surface area contributed by atoms with Crippen LogP contribution < -0.4 is 5.32 Å². The highest BCUT2D eigenvalue weighted by atomic mass is 35.5. The lowest BCUT2D eigenvalue weighted by Gasteiger charge is -2.40. The third kappa shape index (κ3) is 4.66. The van der Waals surface area contributed by atoms with Gasteiger partial charge in [-0.3, -0.25) is 4.79 Å². The molecule has 0 bridgehead atoms. The van der Waals surface area contributed by atoms with Crippen molar-refractivity contribution in [3.63, 3.8) is 0 Å². The number of hydrogen-bond acceptors (Lipinski definition) is 5. The van der Waals surface area contributed by atoms with Crippen molar-refractivity contribution in [2.45, 2.75) is 25.8 Å². The first-order valence-corrected chi connectivity index (χ1v) is 10.6. The molecule has 1 aromatic carbocycles. The molecule has 1 N–H and O–H groups in total. The maximum atomic E-state index is 14.9. The van der Waals surface area contributed by atoms with Crippen LogP contribution >= 0.6 is 11.6 Å². The molecule has 4 rings (SSSR count). The molecule has 1 fully saturated rings. The van der Waals surface area contributed by atoms with Gasteiger partial charge >= 0.3 is 0 Å². The minimum atomic E-state index is -0.570. The van der Waals surface area contributed by atoms with E-state index < -0.39 is 5.82 Å². The first-order chi connectivity index (χ1) is 15.0. The third-order valence-electron chi connectivity index (χ3n) is 5.63. The van der Waals surface area contributed by atoms with Crippen molar-refractivity contribution < 1.29 is 9.18 Å². The van der Waals surface area contributed by atoms with Gasteiger partial charge in [0.2, 0.25) is 0 Å². The number of nitrogens with zero attached hydrogens (tertiary/aromatic N) is 4. The molecule has 160 valence electrons. The molecule has 1 saturated heterocycles. The summed E-state index contributed by atoms with van der Waals surface area (Å²) in [5.74, 6) is 0.345. The van der Waals surface area contributed by atoms with E-state index in [1.165, 1.54) is 6.07 Å². The van der Waals surface area contributed by atoms with Crippen molar-refractivity contribution in [2.75, 3.05) is 18.4 Å². The van der Waals surface area contributed by atoms with Crippen LogP contribution in [-0.4, -0.2) is 44.9 Å². The van der Waals surface area contributed by atoms with E-state index in [1.807, 2.05) is 0 Å². The standard InChI is InChI=1S/C23H23ClFN5O/c1-15-5-3-12-30(19(15)14-29-20-9-8-16(24)13-28-20)23(31)21-17(6-2-7-18(21)25)22-26-10-4-11-27-22/h2,4,6-11,13,15,19H,3,5,12,14H2,1H3,(H,28,29)/t15-,19?/m1/s1. The van der Waals surface area contributed by atoms with Crippen LogP contribution in [0.2, 0.25) is 5.02 Å². The predicted octanol–water partition coefficient (Wildman–Crippen LogP) is 4.68. The number of halogens is 2. The second-order valence-electron chi connectivity index (χ2n) is 7.66. The largest absolute Gasteiger partial charge is 0.368 e. The van der Waals surface area contributed by atoms with Gasteiger partial charge in [0.15, 0.2) is 5.82 Å². The molecule has 1 amide bonds. The van der Waals surface area contributed by atoms with Crippen LogP contribution in [0.1, 0.15) is 30.1 Å². The lowest BCUT2D eigenvalue weighted by molar-refractivity contribution is 0.0536. The molecular weight excluding hydrogens is 417 g/mol. The highest BCUT2D eigenvalue weighted by molar-refractivity contribution is 6.30. The molecule has 2 aromatic heterocycles. The Balaban J connectivity index is 1.62. The summed E-state index contributed by atoms with van der Waals surface area (Å²) >= 11 is 5.91. The summed E-state index contributed by atoms with van der Waals surface area (Å²) in [6, 6.07) is 9.69. The number of amides is 1. The molecule has 0 saturated carbocycles. The molecule has 3 heterocycles. The van der Waals surface area contributed by atoms with Gasteiger partial charge in [-0.05, 0) is 43.0 Å². The zero-order valence-corrected chi connectivity index (χ0v) is 17.9. The summed E-state index contributed by atoms with van der Waals surface area (Å²) in [6.07, 6.45) is 6.60. The quantitative estimate of drug-likeness (QED) is 0.624. The zero-order valence-electron chi connectivity index (χ0n) is 17.1. The number of likely N-dealkylation sites (tertiary alicyclic amines) is 1. The minimum absolute atomic E-state index is 0.0115. The Hall–Kier alpha value is -3.06. The molecule has 0 spiro atoms. The SMILES string of the molecule is C[C@@H]1CCCN(C(=O)c2c(F)cccc2-c2ncccn2)C1CNc1ccc(Cl)cn1. The first kappa shape index (κ1) is 21.2. The van der Waals surface area contributed by atoms with Gasteiger partial charge in [0.25, 0.3) is 5.91 Å². The average molecular weight is 440 g/mol. The van der Waals surface area contributed by atoms with Gasteiger partial charge in [-0.2, -0.15) is 0 Å². The van der Waals surface area contributed by atoms with Gasteiger partial charge in [-0.25, -0.2) is 19.3 Å². The monoisotopic (exact) mass is 439 g/mol. The van der Waals surface area contributed by atoms with E-state index in [-0.39, 0.29) is 23.4 Å². The predicted molar refractivity (Wildman–Crippen MR) is 118 cm³/mol. The summed E-state index contributed by atoms with van der Waals surface area (Å²) in [6.45, 7) is 3.18. The number of carbonyl (C=O) groups is 1. The molecule has 31 heavy (non-hydrogen) atoms. The van der Waals surface area contributed by atoms with E-state index in [1.54, 1.807) is 53.8 Å². The number of nitrogens with one attached hydrogen (secondary N) is 1. The van der Waals surface area contributed by atoms with Crippen molar-refractivity contribution in [1.82, 2.24) is 19.9 Å². The van der Waals surface area contributed by atoms with Gasteiger partial charge in [-0.15, -0.1) is 0 Å². The number of benzene rings is 1. The lowest BCUT2D eigenvalue weighted by atomic mass is 9.89. The Labute approximate surface area is 185 Å². The molecule has 8 heteroatoms. The summed E-state index contributed by atoms with van der Waals surface area (Å²) in [4.78, 5) is 28.1. The maximum Gasteiger partial charge on any atom is 0.257 e. The number of rotatable bonds is 5. The van der Waals surface area contributed by atoms with Gasteiger partial charge < -0.3 is 10.2 Å². The number of carbonyl (C=O) groups excluding carboxylic acids is 1. The fourth-order valence-corrected chi connectivity index (χ4v) is 4.12. The van der Waals surface area contributed by atoms with Crippen molar-refractivity contribution in [1.29, 1.82) is 0 Å². The number of hydrogen-bond donors (Lipinski definition) is 1. The molecule has 1 unspecified atom stereocenters. The van der Waals surface area contributed by atoms with Gasteiger partial charge in [-0.1, -0.05) is 30.7 Å². The lowest BCUT2D eigenvalue weighted by Crippen LogP contribution is -2.51. The average Bonchev–Trinajstić information content (AvgIpc) is 2.79.